The van der Waals surface area contributed by atoms with Crippen LogP contribution in [0.1, 0.15) is 10.4 Å². The highest BCUT2D eigenvalue weighted by Crippen LogP contribution is 2.44. The molecule has 0 spiro atoms. The van der Waals surface area contributed by atoms with Crippen LogP contribution in [0.5, 0.6) is 17.2 Å². The van der Waals surface area contributed by atoms with E-state index < -0.39 is 15.9 Å². The number of amides is 2. The van der Waals surface area contributed by atoms with E-state index >= 15 is 0 Å². The monoisotopic (exact) mass is 594 g/mol. The summed E-state index contributed by atoms with van der Waals surface area (Å²) in [7, 11) is 3.91. The molecular weight excluding hydrogens is 568 g/mol. The zero-order chi connectivity index (χ0) is 27.6. The SMILES string of the molecule is CN(C)C=O.COc1cc(C(=O)Nc2ccc(S(=O)(=O)Nc3ccccn3)cc2)c(Br)c(OC)c1OC. The van der Waals surface area contributed by atoms with Gasteiger partial charge in [0, 0.05) is 26.0 Å². The summed E-state index contributed by atoms with van der Waals surface area (Å²) in [6.45, 7) is 0. The number of nitrogens with one attached hydrogen (secondary N) is 2. The summed E-state index contributed by atoms with van der Waals surface area (Å²) >= 11 is 3.36. The van der Waals surface area contributed by atoms with Crippen LogP contribution in [0.3, 0.4) is 0 Å². The zero-order valence-corrected chi connectivity index (χ0v) is 23.2. The number of sulfonamides is 1. The van der Waals surface area contributed by atoms with Crippen molar-refractivity contribution in [2.45, 2.75) is 4.90 Å². The summed E-state index contributed by atoms with van der Waals surface area (Å²) in [4.78, 5) is 27.7. The van der Waals surface area contributed by atoms with Crippen LogP contribution in [0.15, 0.2) is 64.1 Å². The van der Waals surface area contributed by atoms with E-state index in [1.165, 1.54) is 62.8 Å². The lowest BCUT2D eigenvalue weighted by Crippen LogP contribution is -2.15. The van der Waals surface area contributed by atoms with Crippen LogP contribution in [0.25, 0.3) is 0 Å². The Balaban J connectivity index is 0.000000877. The largest absolute Gasteiger partial charge is 0.493 e. The lowest BCUT2D eigenvalue weighted by molar-refractivity contribution is -0.115. The molecule has 37 heavy (non-hydrogen) atoms. The molecule has 0 bridgehead atoms. The number of carbonyl (C=O) groups is 2. The molecular formula is C24H27BrN4O7S. The molecule has 1 aromatic heterocycles. The van der Waals surface area contributed by atoms with E-state index in [0.717, 1.165) is 6.41 Å². The number of hydrogen-bond acceptors (Lipinski definition) is 8. The van der Waals surface area contributed by atoms with Crippen LogP contribution < -0.4 is 24.2 Å². The van der Waals surface area contributed by atoms with Crippen LogP contribution in [0, 0.1) is 0 Å². The standard InChI is InChI=1S/C21H20BrN3O6S.C3H7NO/c1-29-16-12-15(18(22)20(31-3)19(16)30-2)21(26)24-13-7-9-14(10-8-13)32(27,28)25-17-6-4-5-11-23-17;1-4(2)3-5/h4-12H,1-3H3,(H,23,25)(H,24,26);3H,1-2H3. The van der Waals surface area contributed by atoms with E-state index in [1.807, 2.05) is 0 Å². The Morgan fingerprint density at radius 1 is 1.00 bits per heavy atom. The van der Waals surface area contributed by atoms with E-state index in [1.54, 1.807) is 32.3 Å². The highest BCUT2D eigenvalue weighted by molar-refractivity contribution is 9.10. The normalized spacial score (nSPS) is 10.3. The number of ether oxygens (including phenoxy) is 3. The fourth-order valence-electron chi connectivity index (χ4n) is 2.82. The van der Waals surface area contributed by atoms with Crippen LogP contribution >= 0.6 is 15.9 Å². The van der Waals surface area contributed by atoms with Crippen molar-refractivity contribution in [1.82, 2.24) is 9.88 Å². The number of benzene rings is 2. The van der Waals surface area contributed by atoms with Gasteiger partial charge in [0.15, 0.2) is 11.5 Å². The molecule has 198 valence electrons. The molecule has 0 aliphatic heterocycles. The molecule has 2 aromatic carbocycles. The second-order valence-corrected chi connectivity index (χ2v) is 9.85. The van der Waals surface area contributed by atoms with Crippen molar-refractivity contribution in [3.05, 3.63) is 64.8 Å². The highest BCUT2D eigenvalue weighted by atomic mass is 79.9. The van der Waals surface area contributed by atoms with E-state index in [0.29, 0.717) is 27.4 Å². The lowest BCUT2D eigenvalue weighted by atomic mass is 10.1. The Bertz CT molecular complexity index is 1320. The first-order chi connectivity index (χ1) is 17.6. The number of anilines is 2. The zero-order valence-electron chi connectivity index (χ0n) is 20.8. The van der Waals surface area contributed by atoms with Crippen molar-refractivity contribution in [2.75, 3.05) is 45.5 Å². The highest BCUT2D eigenvalue weighted by Gasteiger charge is 2.23. The number of pyridine rings is 1. The minimum atomic E-state index is -3.82. The van der Waals surface area contributed by atoms with Gasteiger partial charge in [0.1, 0.15) is 5.82 Å². The lowest BCUT2D eigenvalue weighted by Gasteiger charge is -2.16. The Morgan fingerprint density at radius 2 is 1.62 bits per heavy atom. The molecule has 1 heterocycles. The van der Waals surface area contributed by atoms with Crippen molar-refractivity contribution < 1.29 is 32.2 Å². The molecule has 2 amide bonds. The Kier molecular flexibility index (Phi) is 10.7. The van der Waals surface area contributed by atoms with Gasteiger partial charge in [0.05, 0.1) is 36.3 Å². The van der Waals surface area contributed by atoms with Crippen LogP contribution in [0.2, 0.25) is 0 Å². The number of carbonyl (C=O) groups excluding carboxylic acids is 2. The van der Waals surface area contributed by atoms with Crippen molar-refractivity contribution in [3.8, 4) is 17.2 Å². The topological polar surface area (TPSA) is 136 Å². The van der Waals surface area contributed by atoms with Gasteiger partial charge in [0.2, 0.25) is 12.2 Å². The summed E-state index contributed by atoms with van der Waals surface area (Å²) in [6.07, 6.45) is 2.23. The predicted octanol–water partition coefficient (Wildman–Crippen LogP) is 3.63. The molecule has 3 rings (SSSR count). The smallest absolute Gasteiger partial charge is 0.263 e. The Labute approximate surface area is 223 Å². The number of rotatable bonds is 9. The average molecular weight is 595 g/mol. The van der Waals surface area contributed by atoms with Gasteiger partial charge < -0.3 is 24.4 Å². The van der Waals surface area contributed by atoms with Crippen molar-refractivity contribution >= 4 is 49.8 Å². The maximum absolute atomic E-state index is 12.9. The van der Waals surface area contributed by atoms with Gasteiger partial charge in [0.25, 0.3) is 15.9 Å². The first-order valence-electron chi connectivity index (χ1n) is 10.5. The molecule has 0 aliphatic rings. The minimum Gasteiger partial charge on any atom is -0.493 e. The maximum Gasteiger partial charge on any atom is 0.263 e. The molecule has 3 aromatic rings. The number of methoxy groups -OCH3 is 3. The van der Waals surface area contributed by atoms with Gasteiger partial charge in [-0.05, 0) is 58.4 Å². The van der Waals surface area contributed by atoms with Gasteiger partial charge in [-0.25, -0.2) is 13.4 Å². The number of hydrogen-bond donors (Lipinski definition) is 2. The van der Waals surface area contributed by atoms with Crippen molar-refractivity contribution in [1.29, 1.82) is 0 Å². The first-order valence-corrected chi connectivity index (χ1v) is 12.8. The number of nitrogens with zero attached hydrogens (tertiary/aromatic N) is 2. The van der Waals surface area contributed by atoms with E-state index in [-0.39, 0.29) is 16.3 Å². The van der Waals surface area contributed by atoms with Crippen LogP contribution in [-0.2, 0) is 14.8 Å². The quantitative estimate of drug-likeness (QED) is 0.358. The molecule has 0 atom stereocenters. The van der Waals surface area contributed by atoms with E-state index in [2.05, 4.69) is 31.0 Å². The third-order valence-corrected chi connectivity index (χ3v) is 6.71. The van der Waals surface area contributed by atoms with Crippen molar-refractivity contribution in [2.24, 2.45) is 0 Å². The Hall–Kier alpha value is -3.84. The van der Waals surface area contributed by atoms with Crippen molar-refractivity contribution in [3.63, 3.8) is 0 Å². The van der Waals surface area contributed by atoms with Gasteiger partial charge in [-0.15, -0.1) is 0 Å². The average Bonchev–Trinajstić information content (AvgIpc) is 2.89. The number of aromatic nitrogens is 1. The maximum atomic E-state index is 12.9. The number of halogens is 1. The molecule has 0 fully saturated rings. The van der Waals surface area contributed by atoms with Crippen LogP contribution in [-0.4, -0.2) is 66.0 Å². The fourth-order valence-corrected chi connectivity index (χ4v) is 4.47. The summed E-state index contributed by atoms with van der Waals surface area (Å²) < 4.78 is 43.7. The van der Waals surface area contributed by atoms with E-state index in [9.17, 15) is 18.0 Å². The predicted molar refractivity (Wildman–Crippen MR) is 143 cm³/mol. The Morgan fingerprint density at radius 3 is 2.11 bits per heavy atom. The summed E-state index contributed by atoms with van der Waals surface area (Å²) in [5.74, 6) is 0.711. The van der Waals surface area contributed by atoms with E-state index in [4.69, 9.17) is 14.2 Å². The minimum absolute atomic E-state index is 0.0233. The van der Waals surface area contributed by atoms with Gasteiger partial charge in [-0.3, -0.25) is 14.3 Å². The van der Waals surface area contributed by atoms with Gasteiger partial charge in [-0.1, -0.05) is 6.07 Å². The second-order valence-electron chi connectivity index (χ2n) is 7.37. The summed E-state index contributed by atoms with van der Waals surface area (Å²) in [5, 5.41) is 2.72. The molecule has 2 N–H and O–H groups in total. The molecule has 0 radical (unpaired) electrons. The fraction of sp³-hybridized carbons (Fsp3) is 0.208. The molecule has 0 aliphatic carbocycles. The van der Waals surface area contributed by atoms with Crippen LogP contribution in [0.4, 0.5) is 11.5 Å². The molecule has 11 nitrogen and oxygen atoms in total. The molecule has 13 heteroatoms. The first kappa shape index (κ1) is 29.4. The summed E-state index contributed by atoms with van der Waals surface area (Å²) in [5.41, 5.74) is 0.639. The third kappa shape index (κ3) is 7.82. The van der Waals surface area contributed by atoms with Gasteiger partial charge in [-0.2, -0.15) is 0 Å². The second kappa shape index (κ2) is 13.5. The molecule has 0 saturated heterocycles. The molecule has 0 unspecified atom stereocenters. The van der Waals surface area contributed by atoms with Gasteiger partial charge >= 0.3 is 0 Å². The molecule has 0 saturated carbocycles. The third-order valence-electron chi connectivity index (χ3n) is 4.55. The summed E-state index contributed by atoms with van der Waals surface area (Å²) in [6, 6.07) is 12.1.